The van der Waals surface area contributed by atoms with Crippen molar-refractivity contribution < 1.29 is 29.4 Å². The van der Waals surface area contributed by atoms with Crippen molar-refractivity contribution in [2.24, 2.45) is 0 Å². The second-order valence-electron chi connectivity index (χ2n) is 9.50. The molecule has 0 fully saturated rings. The van der Waals surface area contributed by atoms with E-state index in [4.69, 9.17) is 5.11 Å². The van der Waals surface area contributed by atoms with Crippen molar-refractivity contribution >= 4 is 23.8 Å². The third-order valence-corrected chi connectivity index (χ3v) is 6.24. The molecule has 0 aromatic heterocycles. The summed E-state index contributed by atoms with van der Waals surface area (Å²) >= 11 is 0. The maximum atomic E-state index is 12.1. The van der Waals surface area contributed by atoms with Crippen LogP contribution in [0.5, 0.6) is 0 Å². The van der Waals surface area contributed by atoms with Crippen LogP contribution in [0.25, 0.3) is 0 Å². The summed E-state index contributed by atoms with van der Waals surface area (Å²) in [6.07, 6.45) is 18.6. The fraction of sp³-hybridized carbons (Fsp3) is 0.852. The minimum absolute atomic E-state index is 0.0113. The van der Waals surface area contributed by atoms with Gasteiger partial charge in [-0.3, -0.25) is 14.4 Å². The van der Waals surface area contributed by atoms with Crippen LogP contribution in [0.2, 0.25) is 0 Å². The zero-order valence-corrected chi connectivity index (χ0v) is 22.0. The number of carbonyl (C=O) groups is 4. The van der Waals surface area contributed by atoms with Crippen LogP contribution >= 0.6 is 0 Å². The van der Waals surface area contributed by atoms with Crippen molar-refractivity contribution in [2.75, 3.05) is 6.54 Å². The minimum atomic E-state index is -1.01. The van der Waals surface area contributed by atoms with Gasteiger partial charge >= 0.3 is 11.9 Å². The maximum absolute atomic E-state index is 12.1. The summed E-state index contributed by atoms with van der Waals surface area (Å²) in [4.78, 5) is 45.1. The summed E-state index contributed by atoms with van der Waals surface area (Å²) in [5, 5.41) is 23.3. The van der Waals surface area contributed by atoms with Gasteiger partial charge in [0.25, 0.3) is 0 Å². The highest BCUT2D eigenvalue weighted by atomic mass is 16.4. The molecule has 2 amide bonds. The van der Waals surface area contributed by atoms with E-state index in [-0.39, 0.29) is 11.8 Å². The number of unbranched alkanes of at least 4 members (excludes halogenated alkanes) is 14. The average molecular weight is 499 g/mol. The number of carboxylic acids is 2. The van der Waals surface area contributed by atoms with Crippen LogP contribution in [0.1, 0.15) is 135 Å². The molecule has 0 radical (unpaired) electrons. The van der Waals surface area contributed by atoms with Gasteiger partial charge in [0, 0.05) is 25.8 Å². The van der Waals surface area contributed by atoms with Gasteiger partial charge in [-0.15, -0.1) is 0 Å². The summed E-state index contributed by atoms with van der Waals surface area (Å²) in [5.74, 6) is -1.91. The lowest BCUT2D eigenvalue weighted by atomic mass is 10.0. The molecule has 0 aromatic rings. The summed E-state index contributed by atoms with van der Waals surface area (Å²) < 4.78 is 0. The van der Waals surface area contributed by atoms with E-state index >= 15 is 0 Å². The molecule has 0 heterocycles. The predicted molar refractivity (Wildman–Crippen MR) is 138 cm³/mol. The van der Waals surface area contributed by atoms with Gasteiger partial charge in [-0.1, -0.05) is 84.0 Å². The Bertz CT molecular complexity index is 582. The normalized spacial score (nSPS) is 11.7. The molecule has 0 rings (SSSR count). The van der Waals surface area contributed by atoms with Crippen molar-refractivity contribution in [3.8, 4) is 0 Å². The Hall–Kier alpha value is -2.12. The highest BCUT2D eigenvalue weighted by Crippen LogP contribution is 2.14. The fourth-order valence-corrected chi connectivity index (χ4v) is 4.03. The highest BCUT2D eigenvalue weighted by Gasteiger charge is 2.19. The van der Waals surface area contributed by atoms with E-state index in [2.05, 4.69) is 10.6 Å². The van der Waals surface area contributed by atoms with Crippen molar-refractivity contribution in [1.82, 2.24) is 10.6 Å². The number of hydrogen-bond acceptors (Lipinski definition) is 4. The molecule has 0 aromatic carbocycles. The SMILES string of the molecule is CCC(=O)NCCCC[C@H](NC(=O)CCCCCCCCCCCCCCCCC(=O)O)C(=O)O. The zero-order valence-electron chi connectivity index (χ0n) is 22.0. The monoisotopic (exact) mass is 498 g/mol. The van der Waals surface area contributed by atoms with Crippen molar-refractivity contribution in [1.29, 1.82) is 0 Å². The van der Waals surface area contributed by atoms with Crippen LogP contribution in [0.3, 0.4) is 0 Å². The quantitative estimate of drug-likeness (QED) is 0.121. The third-order valence-electron chi connectivity index (χ3n) is 6.24. The van der Waals surface area contributed by atoms with Gasteiger partial charge in [0.1, 0.15) is 6.04 Å². The van der Waals surface area contributed by atoms with E-state index in [9.17, 15) is 24.3 Å². The molecule has 0 aliphatic rings. The Labute approximate surface area is 212 Å². The van der Waals surface area contributed by atoms with Gasteiger partial charge in [0.15, 0.2) is 0 Å². The molecular formula is C27H50N2O6. The number of rotatable bonds is 25. The van der Waals surface area contributed by atoms with Gasteiger partial charge in [-0.25, -0.2) is 4.79 Å². The van der Waals surface area contributed by atoms with E-state index in [0.29, 0.717) is 45.1 Å². The molecule has 8 nitrogen and oxygen atoms in total. The van der Waals surface area contributed by atoms with Crippen LogP contribution in [0, 0.1) is 0 Å². The number of amides is 2. The van der Waals surface area contributed by atoms with Gasteiger partial charge in [0.05, 0.1) is 0 Å². The molecule has 0 unspecified atom stereocenters. The van der Waals surface area contributed by atoms with Crippen molar-refractivity contribution in [3.05, 3.63) is 0 Å². The maximum Gasteiger partial charge on any atom is 0.326 e. The van der Waals surface area contributed by atoms with E-state index in [1.54, 1.807) is 6.92 Å². The van der Waals surface area contributed by atoms with E-state index in [1.807, 2.05) is 0 Å². The molecule has 8 heteroatoms. The summed E-state index contributed by atoms with van der Waals surface area (Å²) in [6, 6.07) is -0.860. The number of carbonyl (C=O) groups excluding carboxylic acids is 2. The smallest absolute Gasteiger partial charge is 0.326 e. The molecule has 35 heavy (non-hydrogen) atoms. The largest absolute Gasteiger partial charge is 0.481 e. The molecule has 4 N–H and O–H groups in total. The molecule has 0 aliphatic carbocycles. The predicted octanol–water partition coefficient (Wildman–Crippen LogP) is 5.58. The van der Waals surface area contributed by atoms with Crippen LogP contribution in [-0.2, 0) is 19.2 Å². The highest BCUT2D eigenvalue weighted by molar-refractivity contribution is 5.83. The second-order valence-corrected chi connectivity index (χ2v) is 9.50. The zero-order chi connectivity index (χ0) is 26.2. The molecule has 0 bridgehead atoms. The number of carboxylic acid groups (broad SMARTS) is 2. The van der Waals surface area contributed by atoms with Crippen LogP contribution < -0.4 is 10.6 Å². The molecule has 1 atom stereocenters. The lowest BCUT2D eigenvalue weighted by Gasteiger charge is -2.14. The first kappa shape index (κ1) is 32.9. The van der Waals surface area contributed by atoms with E-state index in [0.717, 1.165) is 38.5 Å². The first-order chi connectivity index (χ1) is 16.9. The van der Waals surface area contributed by atoms with Crippen molar-refractivity contribution in [3.63, 3.8) is 0 Å². The number of nitrogens with one attached hydrogen (secondary N) is 2. The Kier molecular flexibility index (Phi) is 22.2. The van der Waals surface area contributed by atoms with E-state index < -0.39 is 18.0 Å². The lowest BCUT2D eigenvalue weighted by Crippen LogP contribution is -2.40. The second kappa shape index (κ2) is 23.6. The van der Waals surface area contributed by atoms with Gasteiger partial charge < -0.3 is 20.8 Å². The third kappa shape index (κ3) is 23.4. The molecule has 0 spiro atoms. The fourth-order valence-electron chi connectivity index (χ4n) is 4.03. The van der Waals surface area contributed by atoms with Gasteiger partial charge in [-0.2, -0.15) is 0 Å². The number of aliphatic carboxylic acids is 2. The minimum Gasteiger partial charge on any atom is -0.481 e. The summed E-state index contributed by atoms with van der Waals surface area (Å²) in [6.45, 7) is 2.32. The van der Waals surface area contributed by atoms with Gasteiger partial charge in [-0.05, 0) is 32.1 Å². The molecule has 204 valence electrons. The average Bonchev–Trinajstić information content (AvgIpc) is 2.82. The molecule has 0 saturated carbocycles. The van der Waals surface area contributed by atoms with Crippen LogP contribution in [0.15, 0.2) is 0 Å². The van der Waals surface area contributed by atoms with Crippen LogP contribution in [0.4, 0.5) is 0 Å². The molecular weight excluding hydrogens is 448 g/mol. The number of hydrogen-bond donors (Lipinski definition) is 4. The summed E-state index contributed by atoms with van der Waals surface area (Å²) in [7, 11) is 0. The lowest BCUT2D eigenvalue weighted by molar-refractivity contribution is -0.142. The Morgan fingerprint density at radius 1 is 0.600 bits per heavy atom. The topological polar surface area (TPSA) is 133 Å². The first-order valence-electron chi connectivity index (χ1n) is 13.9. The Morgan fingerprint density at radius 2 is 1.06 bits per heavy atom. The molecule has 0 saturated heterocycles. The summed E-state index contributed by atoms with van der Waals surface area (Å²) in [5.41, 5.74) is 0. The first-order valence-corrected chi connectivity index (χ1v) is 13.9. The van der Waals surface area contributed by atoms with E-state index in [1.165, 1.54) is 51.4 Å². The molecule has 0 aliphatic heterocycles. The standard InChI is InChI=1S/C27H50N2O6/c1-2-24(30)28-22-18-17-19-23(27(34)35)29-25(31)20-15-13-11-9-7-5-3-4-6-8-10-12-14-16-21-26(32)33/h23H,2-22H2,1H3,(H,28,30)(H,29,31)(H,32,33)(H,34,35)/t23-/m0/s1. The van der Waals surface area contributed by atoms with Crippen LogP contribution in [-0.4, -0.2) is 46.6 Å². The van der Waals surface area contributed by atoms with Crippen molar-refractivity contribution in [2.45, 2.75) is 141 Å². The van der Waals surface area contributed by atoms with Gasteiger partial charge in [0.2, 0.25) is 11.8 Å². The Morgan fingerprint density at radius 3 is 1.49 bits per heavy atom. The Balaban J connectivity index is 3.53.